The number of fused-ring (bicyclic) bond motifs is 1. The molecule has 2 unspecified atom stereocenters. The second-order valence-corrected chi connectivity index (χ2v) is 7.82. The number of amides is 3. The third-order valence-corrected chi connectivity index (χ3v) is 5.70. The van der Waals surface area contributed by atoms with E-state index >= 15 is 0 Å². The van der Waals surface area contributed by atoms with Gasteiger partial charge in [0.15, 0.2) is 12.1 Å². The van der Waals surface area contributed by atoms with Crippen molar-refractivity contribution in [2.75, 3.05) is 16.8 Å². The zero-order valence-corrected chi connectivity index (χ0v) is 17.3. The summed E-state index contributed by atoms with van der Waals surface area (Å²) in [6, 6.07) is 9.23. The molecule has 1 saturated heterocycles. The summed E-state index contributed by atoms with van der Waals surface area (Å²) in [4.78, 5) is 39.5. The van der Waals surface area contributed by atoms with Crippen LogP contribution in [0, 0.1) is 27.7 Å². The first-order valence-corrected chi connectivity index (χ1v) is 9.76. The fraction of sp³-hybridized carbons (Fsp3) is 0.318. The molecule has 0 saturated carbocycles. The Balaban J connectivity index is 1.49. The molecular weight excluding hydrogens is 382 g/mol. The Kier molecular flexibility index (Phi) is 4.85. The van der Waals surface area contributed by atoms with E-state index in [9.17, 15) is 14.4 Å². The first-order valence-electron chi connectivity index (χ1n) is 9.76. The van der Waals surface area contributed by atoms with Crippen molar-refractivity contribution in [3.8, 4) is 0 Å². The molecule has 154 valence electrons. The van der Waals surface area contributed by atoms with Crippen molar-refractivity contribution in [1.29, 1.82) is 0 Å². The number of anilines is 2. The van der Waals surface area contributed by atoms with E-state index in [2.05, 4.69) is 15.7 Å². The van der Waals surface area contributed by atoms with Crippen molar-refractivity contribution in [2.45, 2.75) is 39.8 Å². The highest BCUT2D eigenvalue weighted by Gasteiger charge is 2.55. The first-order chi connectivity index (χ1) is 14.3. The summed E-state index contributed by atoms with van der Waals surface area (Å²) >= 11 is 0. The fourth-order valence-corrected chi connectivity index (χ4v) is 3.64. The maximum Gasteiger partial charge on any atom is 0.263 e. The van der Waals surface area contributed by atoms with Gasteiger partial charge in [-0.1, -0.05) is 17.4 Å². The second kappa shape index (κ2) is 7.37. The Labute approximate surface area is 174 Å². The largest absolute Gasteiger partial charge is 0.324 e. The van der Waals surface area contributed by atoms with Crippen LogP contribution in [0.25, 0.3) is 0 Å². The SMILES string of the molecule is Cc1ccc(NC(=O)CN2N=NC3C(=O)N(c4ccc(C)c(C)c4)C(=O)C32)cc1C. The number of carbonyl (C=O) groups excluding carboxylic acids is 3. The van der Waals surface area contributed by atoms with Gasteiger partial charge in [-0.2, -0.15) is 5.11 Å². The number of nitrogens with zero attached hydrogens (tertiary/aromatic N) is 4. The van der Waals surface area contributed by atoms with Crippen molar-refractivity contribution in [3.05, 3.63) is 58.7 Å². The maximum atomic E-state index is 13.0. The number of hydrogen-bond acceptors (Lipinski definition) is 6. The molecule has 3 amide bonds. The minimum atomic E-state index is -0.923. The van der Waals surface area contributed by atoms with Gasteiger partial charge in [-0.3, -0.25) is 19.4 Å². The summed E-state index contributed by atoms with van der Waals surface area (Å²) in [5, 5.41) is 12.0. The molecule has 1 N–H and O–H groups in total. The van der Waals surface area contributed by atoms with E-state index in [4.69, 9.17) is 0 Å². The summed E-state index contributed by atoms with van der Waals surface area (Å²) in [5.74, 6) is -1.17. The quantitative estimate of drug-likeness (QED) is 0.792. The molecule has 0 spiro atoms. The number of imide groups is 1. The predicted molar refractivity (Wildman–Crippen MR) is 112 cm³/mol. The van der Waals surface area contributed by atoms with Crippen LogP contribution in [0.4, 0.5) is 11.4 Å². The molecule has 1 fully saturated rings. The summed E-state index contributed by atoms with van der Waals surface area (Å²) in [6.07, 6.45) is 0. The third-order valence-electron chi connectivity index (χ3n) is 5.70. The van der Waals surface area contributed by atoms with E-state index in [0.29, 0.717) is 11.4 Å². The Morgan fingerprint density at radius 3 is 2.27 bits per heavy atom. The number of benzene rings is 2. The van der Waals surface area contributed by atoms with Crippen LogP contribution >= 0.6 is 0 Å². The Morgan fingerprint density at radius 2 is 1.60 bits per heavy atom. The lowest BCUT2D eigenvalue weighted by molar-refractivity contribution is -0.123. The smallest absolute Gasteiger partial charge is 0.263 e. The summed E-state index contributed by atoms with van der Waals surface area (Å²) in [7, 11) is 0. The van der Waals surface area contributed by atoms with Gasteiger partial charge in [0.2, 0.25) is 5.91 Å². The highest BCUT2D eigenvalue weighted by molar-refractivity contribution is 6.25. The summed E-state index contributed by atoms with van der Waals surface area (Å²) < 4.78 is 0. The van der Waals surface area contributed by atoms with E-state index in [1.54, 1.807) is 12.1 Å². The van der Waals surface area contributed by atoms with Crippen molar-refractivity contribution < 1.29 is 14.4 Å². The van der Waals surface area contributed by atoms with E-state index in [-0.39, 0.29) is 12.5 Å². The van der Waals surface area contributed by atoms with Crippen LogP contribution in [0.2, 0.25) is 0 Å². The Hall–Kier alpha value is -3.55. The van der Waals surface area contributed by atoms with Crippen LogP contribution in [0.3, 0.4) is 0 Å². The van der Waals surface area contributed by atoms with Crippen LogP contribution in [0.15, 0.2) is 46.7 Å². The molecule has 0 bridgehead atoms. The predicted octanol–water partition coefficient (Wildman–Crippen LogP) is 2.85. The van der Waals surface area contributed by atoms with Crippen LogP contribution < -0.4 is 10.2 Å². The van der Waals surface area contributed by atoms with Crippen LogP contribution in [-0.4, -0.2) is 41.4 Å². The van der Waals surface area contributed by atoms with E-state index in [0.717, 1.165) is 27.2 Å². The van der Waals surface area contributed by atoms with Gasteiger partial charge < -0.3 is 5.32 Å². The van der Waals surface area contributed by atoms with E-state index < -0.39 is 23.9 Å². The standard InChI is InChI=1S/C22H23N5O3/c1-12-5-7-16(9-14(12)3)23-18(28)11-26-20-19(24-25-26)21(29)27(22(20)30)17-8-6-13(2)15(4)10-17/h5-10,19-20H,11H2,1-4H3,(H,23,28). The maximum absolute atomic E-state index is 13.0. The van der Waals surface area contributed by atoms with Crippen molar-refractivity contribution in [2.24, 2.45) is 10.3 Å². The number of hydrogen-bond donors (Lipinski definition) is 1. The topological polar surface area (TPSA) is 94.4 Å². The van der Waals surface area contributed by atoms with Crippen molar-refractivity contribution in [1.82, 2.24) is 5.01 Å². The molecule has 8 heteroatoms. The van der Waals surface area contributed by atoms with Gasteiger partial charge in [0, 0.05) is 5.69 Å². The van der Waals surface area contributed by atoms with Gasteiger partial charge in [-0.25, -0.2) is 4.90 Å². The molecule has 2 aromatic rings. The Morgan fingerprint density at radius 1 is 0.933 bits per heavy atom. The molecule has 0 aromatic heterocycles. The van der Waals surface area contributed by atoms with Gasteiger partial charge >= 0.3 is 0 Å². The number of nitrogens with one attached hydrogen (secondary N) is 1. The van der Waals surface area contributed by atoms with Gasteiger partial charge in [0.05, 0.1) is 5.69 Å². The van der Waals surface area contributed by atoms with Gasteiger partial charge in [-0.15, -0.1) is 0 Å². The average Bonchev–Trinajstić information content (AvgIpc) is 3.21. The van der Waals surface area contributed by atoms with E-state index in [1.165, 1.54) is 5.01 Å². The van der Waals surface area contributed by atoms with Crippen LogP contribution in [0.5, 0.6) is 0 Å². The number of carbonyl (C=O) groups is 3. The highest BCUT2D eigenvalue weighted by atomic mass is 16.2. The molecular formula is C22H23N5O3. The minimum absolute atomic E-state index is 0.169. The molecule has 2 aromatic carbocycles. The number of rotatable bonds is 4. The fourth-order valence-electron chi connectivity index (χ4n) is 3.64. The van der Waals surface area contributed by atoms with Crippen LogP contribution in [0.1, 0.15) is 22.3 Å². The molecule has 2 aliphatic heterocycles. The molecule has 2 aliphatic rings. The molecule has 2 atom stereocenters. The lowest BCUT2D eigenvalue weighted by atomic mass is 10.1. The zero-order valence-electron chi connectivity index (χ0n) is 17.3. The zero-order chi connectivity index (χ0) is 21.6. The lowest BCUT2D eigenvalue weighted by Crippen LogP contribution is -2.43. The molecule has 2 heterocycles. The van der Waals surface area contributed by atoms with Crippen LogP contribution in [-0.2, 0) is 14.4 Å². The molecule has 4 rings (SSSR count). The Bertz CT molecular complexity index is 1090. The molecule has 0 aliphatic carbocycles. The third kappa shape index (κ3) is 3.34. The normalized spacial score (nSPS) is 20.1. The minimum Gasteiger partial charge on any atom is -0.324 e. The van der Waals surface area contributed by atoms with Gasteiger partial charge in [-0.05, 0) is 74.2 Å². The molecule has 8 nitrogen and oxygen atoms in total. The highest BCUT2D eigenvalue weighted by Crippen LogP contribution is 2.32. The summed E-state index contributed by atoms with van der Waals surface area (Å²) in [6.45, 7) is 7.68. The van der Waals surface area contributed by atoms with Gasteiger partial charge in [0.1, 0.15) is 6.54 Å². The second-order valence-electron chi connectivity index (χ2n) is 7.82. The summed E-state index contributed by atoms with van der Waals surface area (Å²) in [5.41, 5.74) is 5.43. The van der Waals surface area contributed by atoms with Crippen molar-refractivity contribution >= 4 is 29.1 Å². The average molecular weight is 405 g/mol. The van der Waals surface area contributed by atoms with Gasteiger partial charge in [0.25, 0.3) is 11.8 Å². The monoisotopic (exact) mass is 405 g/mol. The van der Waals surface area contributed by atoms with E-state index in [1.807, 2.05) is 52.0 Å². The van der Waals surface area contributed by atoms with Crippen molar-refractivity contribution in [3.63, 3.8) is 0 Å². The lowest BCUT2D eigenvalue weighted by Gasteiger charge is -2.20. The molecule has 0 radical (unpaired) electrons. The molecule has 30 heavy (non-hydrogen) atoms. The first kappa shape index (κ1) is 19.8. The number of aryl methyl sites for hydroxylation is 4.